The maximum atomic E-state index is 14.3. The van der Waals surface area contributed by atoms with Gasteiger partial charge < -0.3 is 16.2 Å². The quantitative estimate of drug-likeness (QED) is 0.232. The summed E-state index contributed by atoms with van der Waals surface area (Å²) in [5.41, 5.74) is 12.8. The number of pyridine rings is 1. The zero-order valence-electron chi connectivity index (χ0n) is 22.5. The third-order valence-corrected chi connectivity index (χ3v) is 7.23. The molecule has 0 aliphatic carbocycles. The van der Waals surface area contributed by atoms with E-state index in [0.717, 1.165) is 50.7 Å². The largest absolute Gasteiger partial charge is 0.481 e. The zero-order valence-corrected chi connectivity index (χ0v) is 23.3. The van der Waals surface area contributed by atoms with Crippen LogP contribution < -0.4 is 16.6 Å². The van der Waals surface area contributed by atoms with Gasteiger partial charge in [0.2, 0.25) is 0 Å². The predicted molar refractivity (Wildman–Crippen MR) is 163 cm³/mol. The Balaban J connectivity index is 0.000000794. The van der Waals surface area contributed by atoms with Crippen molar-refractivity contribution in [1.29, 1.82) is 0 Å². The Morgan fingerprint density at radius 1 is 1.02 bits per heavy atom. The Morgan fingerprint density at radius 2 is 1.78 bits per heavy atom. The molecule has 0 saturated carbocycles. The lowest BCUT2D eigenvalue weighted by molar-refractivity contribution is -0.134. The molecule has 206 valence electrons. The van der Waals surface area contributed by atoms with Gasteiger partial charge in [-0.05, 0) is 53.3 Å². The Kier molecular flexibility index (Phi) is 8.14. The Hall–Kier alpha value is -4.93. The molecule has 0 aliphatic rings. The molecule has 9 nitrogen and oxygen atoms in total. The molecule has 0 bridgehead atoms. The fourth-order valence-electron chi connectivity index (χ4n) is 4.73. The Morgan fingerprint density at radius 3 is 2.54 bits per heavy atom. The number of fused-ring (bicyclic) bond motifs is 2. The minimum absolute atomic E-state index is 0.0809. The molecule has 6 rings (SSSR count). The molecule has 41 heavy (non-hydrogen) atoms. The molecule has 10 heteroatoms. The summed E-state index contributed by atoms with van der Waals surface area (Å²) >= 11 is 1.47. The van der Waals surface area contributed by atoms with Gasteiger partial charge in [-0.1, -0.05) is 54.6 Å². The van der Waals surface area contributed by atoms with Gasteiger partial charge >= 0.3 is 0 Å². The number of carboxylic acid groups (broad SMARTS) is 1. The SMILES string of the molecule is CC(=O)O.C[C@H](Nc1ncnc2scnc12)c1cc2cccc(-c3cccc(CN)c3)c2c(=O)n1-c1ccccc1. The highest BCUT2D eigenvalue weighted by Crippen LogP contribution is 2.31. The number of carboxylic acids is 1. The van der Waals surface area contributed by atoms with Gasteiger partial charge in [0, 0.05) is 24.8 Å². The number of rotatable bonds is 6. The highest BCUT2D eigenvalue weighted by Gasteiger charge is 2.20. The summed E-state index contributed by atoms with van der Waals surface area (Å²) in [5, 5.41) is 12.4. The number of nitrogens with zero attached hydrogens (tertiary/aromatic N) is 4. The van der Waals surface area contributed by atoms with Crippen LogP contribution in [0.25, 0.3) is 37.9 Å². The first kappa shape index (κ1) is 27.6. The Bertz CT molecular complexity index is 1900. The molecule has 0 amide bonds. The molecule has 4 N–H and O–H groups in total. The number of nitrogens with two attached hydrogens (primary N) is 1. The minimum Gasteiger partial charge on any atom is -0.481 e. The number of thiazole rings is 1. The van der Waals surface area contributed by atoms with E-state index < -0.39 is 5.97 Å². The molecule has 1 atom stereocenters. The van der Waals surface area contributed by atoms with E-state index in [9.17, 15) is 4.79 Å². The van der Waals surface area contributed by atoms with Gasteiger partial charge in [0.25, 0.3) is 11.5 Å². The van der Waals surface area contributed by atoms with Crippen LogP contribution in [0, 0.1) is 0 Å². The van der Waals surface area contributed by atoms with E-state index >= 15 is 0 Å². The number of carbonyl (C=O) groups is 1. The van der Waals surface area contributed by atoms with E-state index in [4.69, 9.17) is 15.6 Å². The molecular formula is C31H28N6O3S. The predicted octanol–water partition coefficient (Wildman–Crippen LogP) is 5.78. The van der Waals surface area contributed by atoms with Crippen molar-refractivity contribution in [1.82, 2.24) is 19.5 Å². The van der Waals surface area contributed by atoms with E-state index in [0.29, 0.717) is 17.7 Å². The summed E-state index contributed by atoms with van der Waals surface area (Å²) in [6.45, 7) is 3.55. The molecular weight excluding hydrogens is 536 g/mol. The average Bonchev–Trinajstić information content (AvgIpc) is 3.47. The van der Waals surface area contributed by atoms with Crippen LogP contribution in [-0.4, -0.2) is 30.6 Å². The molecule has 0 unspecified atom stereocenters. The molecule has 0 spiro atoms. The highest BCUT2D eigenvalue weighted by molar-refractivity contribution is 7.16. The third-order valence-electron chi connectivity index (χ3n) is 6.50. The van der Waals surface area contributed by atoms with Crippen LogP contribution in [0.1, 0.15) is 31.1 Å². The summed E-state index contributed by atoms with van der Waals surface area (Å²) in [6, 6.07) is 25.6. The third kappa shape index (κ3) is 5.84. The summed E-state index contributed by atoms with van der Waals surface area (Å²) in [6.07, 6.45) is 1.53. The summed E-state index contributed by atoms with van der Waals surface area (Å²) in [7, 11) is 0. The number of para-hydroxylation sites is 1. The molecule has 0 saturated heterocycles. The molecule has 3 heterocycles. The van der Waals surface area contributed by atoms with Crippen molar-refractivity contribution < 1.29 is 9.90 Å². The molecule has 0 fully saturated rings. The maximum absolute atomic E-state index is 14.3. The average molecular weight is 565 g/mol. The van der Waals surface area contributed by atoms with Crippen molar-refractivity contribution in [2.24, 2.45) is 5.73 Å². The second-order valence-electron chi connectivity index (χ2n) is 9.33. The normalized spacial score (nSPS) is 11.6. The van der Waals surface area contributed by atoms with Crippen LogP contribution >= 0.6 is 11.3 Å². The molecule has 3 aromatic heterocycles. The van der Waals surface area contributed by atoms with Gasteiger partial charge in [-0.2, -0.15) is 0 Å². The second kappa shape index (κ2) is 12.1. The van der Waals surface area contributed by atoms with E-state index in [1.807, 2.05) is 79.7 Å². The van der Waals surface area contributed by atoms with Gasteiger partial charge in [-0.25, -0.2) is 15.0 Å². The molecule has 0 aliphatic heterocycles. The van der Waals surface area contributed by atoms with E-state index in [1.165, 1.54) is 17.7 Å². The van der Waals surface area contributed by atoms with Crippen molar-refractivity contribution in [2.45, 2.75) is 26.4 Å². The van der Waals surface area contributed by atoms with Crippen LogP contribution in [0.15, 0.2) is 95.5 Å². The van der Waals surface area contributed by atoms with Crippen molar-refractivity contribution in [3.05, 3.63) is 112 Å². The Labute approximate surface area is 240 Å². The van der Waals surface area contributed by atoms with E-state index in [1.54, 1.807) is 10.1 Å². The van der Waals surface area contributed by atoms with Crippen LogP contribution in [0.2, 0.25) is 0 Å². The number of hydrogen-bond acceptors (Lipinski definition) is 8. The number of aliphatic carboxylic acids is 1. The van der Waals surface area contributed by atoms with Gasteiger partial charge in [0.1, 0.15) is 16.7 Å². The van der Waals surface area contributed by atoms with Gasteiger partial charge in [0.05, 0.1) is 16.9 Å². The molecule has 0 radical (unpaired) electrons. The fraction of sp³-hybridized carbons (Fsp3) is 0.129. The van der Waals surface area contributed by atoms with E-state index in [2.05, 4.69) is 26.3 Å². The second-order valence-corrected chi connectivity index (χ2v) is 10.2. The fourth-order valence-corrected chi connectivity index (χ4v) is 5.36. The number of aromatic nitrogens is 4. The van der Waals surface area contributed by atoms with Crippen molar-refractivity contribution in [3.8, 4) is 16.8 Å². The first-order chi connectivity index (χ1) is 19.9. The van der Waals surface area contributed by atoms with Gasteiger partial charge in [-0.15, -0.1) is 11.3 Å². The number of hydrogen-bond donors (Lipinski definition) is 3. The van der Waals surface area contributed by atoms with E-state index in [-0.39, 0.29) is 11.6 Å². The lowest BCUT2D eigenvalue weighted by atomic mass is 9.96. The monoisotopic (exact) mass is 564 g/mol. The van der Waals surface area contributed by atoms with Crippen molar-refractivity contribution in [2.75, 3.05) is 5.32 Å². The topological polar surface area (TPSA) is 136 Å². The number of benzene rings is 3. The number of nitrogens with one attached hydrogen (secondary N) is 1. The summed E-state index contributed by atoms with van der Waals surface area (Å²) in [5.74, 6) is -0.196. The lowest BCUT2D eigenvalue weighted by Gasteiger charge is -2.22. The van der Waals surface area contributed by atoms with Crippen LogP contribution in [-0.2, 0) is 11.3 Å². The van der Waals surface area contributed by atoms with Crippen LogP contribution in [0.5, 0.6) is 0 Å². The molecule has 3 aromatic carbocycles. The minimum atomic E-state index is -0.833. The van der Waals surface area contributed by atoms with Crippen molar-refractivity contribution in [3.63, 3.8) is 0 Å². The molecule has 6 aromatic rings. The smallest absolute Gasteiger partial charge is 0.300 e. The zero-order chi connectivity index (χ0) is 28.9. The number of anilines is 1. The first-order valence-corrected chi connectivity index (χ1v) is 13.8. The maximum Gasteiger partial charge on any atom is 0.300 e. The summed E-state index contributed by atoms with van der Waals surface area (Å²) in [4.78, 5) is 37.3. The first-order valence-electron chi connectivity index (χ1n) is 12.9. The van der Waals surface area contributed by atoms with Gasteiger partial charge in [0.15, 0.2) is 5.82 Å². The lowest BCUT2D eigenvalue weighted by Crippen LogP contribution is -2.26. The standard InChI is InChI=1S/C29H24N6OS.C2H4O2/c1-18(34-27-26-28(32-16-31-27)37-17-33-26)24-14-21-9-6-12-23(20-8-5-7-19(13-20)15-30)25(21)29(36)35(24)22-10-3-2-4-11-22;1-2(3)4/h2-14,16-18H,15,30H2,1H3,(H,31,32,34);1H3,(H,3,4)/t18-;/m0./s1. The van der Waals surface area contributed by atoms with Crippen molar-refractivity contribution >= 4 is 44.2 Å². The van der Waals surface area contributed by atoms with Crippen LogP contribution in [0.3, 0.4) is 0 Å². The van der Waals surface area contributed by atoms with Gasteiger partial charge in [-0.3, -0.25) is 14.2 Å². The van der Waals surface area contributed by atoms with Crippen LogP contribution in [0.4, 0.5) is 5.82 Å². The highest BCUT2D eigenvalue weighted by atomic mass is 32.1. The summed E-state index contributed by atoms with van der Waals surface area (Å²) < 4.78 is 1.79.